The Morgan fingerprint density at radius 1 is 1.53 bits per heavy atom. The maximum absolute atomic E-state index is 12.0. The normalized spacial score (nSPS) is 24.2. The van der Waals surface area contributed by atoms with Gasteiger partial charge in [-0.15, -0.1) is 0 Å². The van der Waals surface area contributed by atoms with Crippen molar-refractivity contribution in [2.45, 2.75) is 38.0 Å². The molecule has 0 aliphatic carbocycles. The number of carbonyl (C=O) groups is 1. The highest BCUT2D eigenvalue weighted by Crippen LogP contribution is 2.12. The molecule has 5 heteroatoms. The molecule has 0 radical (unpaired) electrons. The van der Waals surface area contributed by atoms with Crippen molar-refractivity contribution in [3.8, 4) is 0 Å². The lowest BCUT2D eigenvalue weighted by molar-refractivity contribution is -0.123. The maximum atomic E-state index is 12.0. The fourth-order valence-corrected chi connectivity index (χ4v) is 2.55. The molecule has 104 valence electrons. The number of halogens is 1. The minimum Gasteiger partial charge on any atom is -0.392 e. The van der Waals surface area contributed by atoms with E-state index in [1.54, 1.807) is 0 Å². The van der Waals surface area contributed by atoms with Crippen LogP contribution in [0.3, 0.4) is 0 Å². The number of hydrogen-bond acceptors (Lipinski definition) is 3. The molecule has 4 nitrogen and oxygen atoms in total. The molecule has 1 amide bonds. The Bertz CT molecular complexity index is 436. The fourth-order valence-electron chi connectivity index (χ4n) is 2.29. The molecule has 2 rings (SSSR count). The Kier molecular flexibility index (Phi) is 4.96. The third-order valence-corrected chi connectivity index (χ3v) is 3.80. The van der Waals surface area contributed by atoms with Gasteiger partial charge in [-0.25, -0.2) is 0 Å². The van der Waals surface area contributed by atoms with E-state index in [-0.39, 0.29) is 18.0 Å². The molecule has 0 aromatic heterocycles. The molecule has 0 unspecified atom stereocenters. The van der Waals surface area contributed by atoms with Crippen molar-refractivity contribution in [1.82, 2.24) is 10.6 Å². The van der Waals surface area contributed by atoms with Gasteiger partial charge in [0.05, 0.1) is 12.1 Å². The standard InChI is InChI=1S/C14H19BrN2O2/c1-9(6-10-2-4-11(15)5-3-10)17-14(19)13-7-12(18)8-16-13/h2-5,9,12-13,16,18H,6-8H2,1H3,(H,17,19)/t9-,12-,13-/m1/s1. The van der Waals surface area contributed by atoms with E-state index in [4.69, 9.17) is 0 Å². The molecular formula is C14H19BrN2O2. The molecule has 1 aromatic rings. The van der Waals surface area contributed by atoms with Crippen molar-refractivity contribution >= 4 is 21.8 Å². The van der Waals surface area contributed by atoms with Crippen LogP contribution in [0, 0.1) is 0 Å². The maximum Gasteiger partial charge on any atom is 0.237 e. The van der Waals surface area contributed by atoms with E-state index in [0.29, 0.717) is 13.0 Å². The SMILES string of the molecule is C[C@H](Cc1ccc(Br)cc1)NC(=O)[C@H]1C[C@@H](O)CN1. The second kappa shape index (κ2) is 6.50. The monoisotopic (exact) mass is 326 g/mol. The van der Waals surface area contributed by atoms with Crippen LogP contribution in [0.1, 0.15) is 18.9 Å². The molecule has 1 fully saturated rings. The molecule has 1 heterocycles. The molecule has 0 bridgehead atoms. The van der Waals surface area contributed by atoms with Crippen LogP contribution < -0.4 is 10.6 Å². The number of carbonyl (C=O) groups excluding carboxylic acids is 1. The molecule has 1 aromatic carbocycles. The zero-order valence-electron chi connectivity index (χ0n) is 10.9. The summed E-state index contributed by atoms with van der Waals surface area (Å²) in [5.41, 5.74) is 1.19. The van der Waals surface area contributed by atoms with Gasteiger partial charge in [0.25, 0.3) is 0 Å². The Morgan fingerprint density at radius 3 is 2.79 bits per heavy atom. The third kappa shape index (κ3) is 4.30. The number of aliphatic hydroxyl groups excluding tert-OH is 1. The van der Waals surface area contributed by atoms with E-state index in [1.165, 1.54) is 5.56 Å². The topological polar surface area (TPSA) is 61.4 Å². The lowest BCUT2D eigenvalue weighted by atomic mass is 10.1. The van der Waals surface area contributed by atoms with Crippen LogP contribution in [0.25, 0.3) is 0 Å². The summed E-state index contributed by atoms with van der Waals surface area (Å²) in [6.45, 7) is 2.49. The predicted octanol–water partition coefficient (Wildman–Crippen LogP) is 1.22. The molecule has 1 saturated heterocycles. The number of hydrogen-bond donors (Lipinski definition) is 3. The average Bonchev–Trinajstić information content (AvgIpc) is 2.79. The second-order valence-electron chi connectivity index (χ2n) is 5.09. The molecule has 0 saturated carbocycles. The zero-order chi connectivity index (χ0) is 13.8. The number of rotatable bonds is 4. The van der Waals surface area contributed by atoms with Gasteiger partial charge < -0.3 is 15.7 Å². The molecule has 19 heavy (non-hydrogen) atoms. The van der Waals surface area contributed by atoms with Crippen molar-refractivity contribution in [2.24, 2.45) is 0 Å². The van der Waals surface area contributed by atoms with Gasteiger partial charge in [-0.2, -0.15) is 0 Å². The lowest BCUT2D eigenvalue weighted by Crippen LogP contribution is -2.44. The number of nitrogens with one attached hydrogen (secondary N) is 2. The largest absolute Gasteiger partial charge is 0.392 e. The summed E-state index contributed by atoms with van der Waals surface area (Å²) in [5.74, 6) is -0.0267. The van der Waals surface area contributed by atoms with Gasteiger partial charge in [0.15, 0.2) is 0 Å². The van der Waals surface area contributed by atoms with Gasteiger partial charge in [0.2, 0.25) is 5.91 Å². The van der Waals surface area contributed by atoms with Crippen molar-refractivity contribution in [3.05, 3.63) is 34.3 Å². The van der Waals surface area contributed by atoms with Crippen molar-refractivity contribution in [1.29, 1.82) is 0 Å². The zero-order valence-corrected chi connectivity index (χ0v) is 12.5. The summed E-state index contributed by atoms with van der Waals surface area (Å²) in [4.78, 5) is 12.0. The number of aliphatic hydroxyl groups is 1. The van der Waals surface area contributed by atoms with E-state index in [9.17, 15) is 9.90 Å². The summed E-state index contributed by atoms with van der Waals surface area (Å²) in [5, 5.41) is 15.4. The van der Waals surface area contributed by atoms with E-state index in [2.05, 4.69) is 26.6 Å². The lowest BCUT2D eigenvalue weighted by Gasteiger charge is -2.17. The summed E-state index contributed by atoms with van der Waals surface area (Å²) in [6, 6.07) is 7.90. The Morgan fingerprint density at radius 2 is 2.21 bits per heavy atom. The Labute approximate surface area is 121 Å². The highest BCUT2D eigenvalue weighted by atomic mass is 79.9. The first-order valence-electron chi connectivity index (χ1n) is 6.51. The van der Waals surface area contributed by atoms with Crippen molar-refractivity contribution < 1.29 is 9.90 Å². The van der Waals surface area contributed by atoms with Gasteiger partial charge >= 0.3 is 0 Å². The molecule has 1 aliphatic rings. The van der Waals surface area contributed by atoms with Crippen molar-refractivity contribution in [2.75, 3.05) is 6.54 Å². The minimum atomic E-state index is -0.405. The van der Waals surface area contributed by atoms with Crippen LogP contribution in [0.4, 0.5) is 0 Å². The van der Waals surface area contributed by atoms with Crippen LogP contribution in [-0.4, -0.2) is 35.7 Å². The van der Waals surface area contributed by atoms with Crippen LogP contribution in [-0.2, 0) is 11.2 Å². The van der Waals surface area contributed by atoms with Gasteiger partial charge in [0, 0.05) is 17.1 Å². The predicted molar refractivity (Wildman–Crippen MR) is 77.9 cm³/mol. The van der Waals surface area contributed by atoms with E-state index in [1.807, 2.05) is 31.2 Å². The highest BCUT2D eigenvalue weighted by Gasteiger charge is 2.28. The number of amides is 1. The average molecular weight is 327 g/mol. The van der Waals surface area contributed by atoms with Crippen LogP contribution in [0.15, 0.2) is 28.7 Å². The molecule has 3 N–H and O–H groups in total. The van der Waals surface area contributed by atoms with E-state index in [0.717, 1.165) is 10.9 Å². The fraction of sp³-hybridized carbons (Fsp3) is 0.500. The van der Waals surface area contributed by atoms with Crippen LogP contribution >= 0.6 is 15.9 Å². The quantitative estimate of drug-likeness (QED) is 0.779. The molecule has 0 spiro atoms. The van der Waals surface area contributed by atoms with Crippen LogP contribution in [0.2, 0.25) is 0 Å². The van der Waals surface area contributed by atoms with E-state index < -0.39 is 6.10 Å². The first-order valence-corrected chi connectivity index (χ1v) is 7.30. The first-order chi connectivity index (χ1) is 9.04. The summed E-state index contributed by atoms with van der Waals surface area (Å²) < 4.78 is 1.05. The van der Waals surface area contributed by atoms with Gasteiger partial charge in [-0.3, -0.25) is 4.79 Å². The molecular weight excluding hydrogens is 308 g/mol. The van der Waals surface area contributed by atoms with Crippen molar-refractivity contribution in [3.63, 3.8) is 0 Å². The first kappa shape index (κ1) is 14.5. The Hall–Kier alpha value is -0.910. The van der Waals surface area contributed by atoms with E-state index >= 15 is 0 Å². The van der Waals surface area contributed by atoms with Gasteiger partial charge in [-0.05, 0) is 37.5 Å². The van der Waals surface area contributed by atoms with Gasteiger partial charge in [0.1, 0.15) is 0 Å². The number of β-amino-alcohol motifs (C(OH)–C–C–N with tert-alkyl or cyclic N) is 1. The van der Waals surface area contributed by atoms with Crippen LogP contribution in [0.5, 0.6) is 0 Å². The number of benzene rings is 1. The summed E-state index contributed by atoms with van der Waals surface area (Å²) in [6.07, 6.45) is 0.892. The smallest absolute Gasteiger partial charge is 0.237 e. The third-order valence-electron chi connectivity index (χ3n) is 3.27. The second-order valence-corrected chi connectivity index (χ2v) is 6.01. The summed E-state index contributed by atoms with van der Waals surface area (Å²) >= 11 is 3.40. The highest BCUT2D eigenvalue weighted by molar-refractivity contribution is 9.10. The molecule has 1 aliphatic heterocycles. The minimum absolute atomic E-state index is 0.0267. The Balaban J connectivity index is 1.82. The summed E-state index contributed by atoms with van der Waals surface area (Å²) in [7, 11) is 0. The van der Waals surface area contributed by atoms with Gasteiger partial charge in [-0.1, -0.05) is 28.1 Å². The molecule has 3 atom stereocenters.